The van der Waals surface area contributed by atoms with Crippen LogP contribution in [0.25, 0.3) is 0 Å². The van der Waals surface area contributed by atoms with Crippen LogP contribution in [0.1, 0.15) is 6.92 Å². The highest BCUT2D eigenvalue weighted by molar-refractivity contribution is 6.35. The van der Waals surface area contributed by atoms with Crippen molar-refractivity contribution in [3.63, 3.8) is 0 Å². The van der Waals surface area contributed by atoms with Gasteiger partial charge in [0, 0.05) is 71.3 Å². The number of piperazine rings is 2. The van der Waals surface area contributed by atoms with Crippen LogP contribution in [0.5, 0.6) is 0 Å². The molecule has 0 aliphatic carbocycles. The van der Waals surface area contributed by atoms with E-state index in [1.807, 2.05) is 6.92 Å². The van der Waals surface area contributed by atoms with Gasteiger partial charge in [-0.15, -0.1) is 0 Å². The fraction of sp³-hybridized carbons (Fsp3) is 0.611. The first-order valence-electron chi connectivity index (χ1n) is 9.67. The summed E-state index contributed by atoms with van der Waals surface area (Å²) in [7, 11) is 0. The molecule has 3 amide bonds. The predicted molar refractivity (Wildman–Crippen MR) is 103 cm³/mol. The quantitative estimate of drug-likeness (QED) is 0.561. The lowest BCUT2D eigenvalue weighted by atomic mass is 10.3. The molecule has 0 spiro atoms. The molecule has 1 aromatic heterocycles. The monoisotopic (exact) mass is 389 g/mol. The highest BCUT2D eigenvalue weighted by Crippen LogP contribution is 2.09. The Morgan fingerprint density at radius 2 is 1.64 bits per heavy atom. The average Bonchev–Trinajstić information content (AvgIpc) is 2.73. The average molecular weight is 389 g/mol. The maximum absolute atomic E-state index is 12.1. The Hall–Kier alpha value is -2.75. The van der Waals surface area contributed by atoms with Crippen LogP contribution in [-0.2, 0) is 14.4 Å². The van der Waals surface area contributed by atoms with Crippen LogP contribution >= 0.6 is 0 Å². The molecule has 0 aromatic carbocycles. The van der Waals surface area contributed by atoms with E-state index in [0.29, 0.717) is 26.2 Å². The second kappa shape index (κ2) is 9.45. The largest absolute Gasteiger partial charge is 0.353 e. The van der Waals surface area contributed by atoms with E-state index in [0.717, 1.165) is 38.7 Å². The van der Waals surface area contributed by atoms with Crippen molar-refractivity contribution in [3.8, 4) is 0 Å². The van der Waals surface area contributed by atoms with Gasteiger partial charge >= 0.3 is 11.8 Å². The smallest absolute Gasteiger partial charge is 0.312 e. The normalized spacial score (nSPS) is 18.5. The fourth-order valence-electron chi connectivity index (χ4n) is 3.38. The van der Waals surface area contributed by atoms with Crippen LogP contribution in [0, 0.1) is 0 Å². The number of rotatable bonds is 7. The lowest BCUT2D eigenvalue weighted by Gasteiger charge is -2.34. The molecule has 2 aliphatic heterocycles. The Labute approximate surface area is 164 Å². The molecular weight excluding hydrogens is 362 g/mol. The van der Waals surface area contributed by atoms with Gasteiger partial charge in [-0.3, -0.25) is 19.3 Å². The number of hydrogen-bond acceptors (Lipinski definition) is 7. The predicted octanol–water partition coefficient (Wildman–Crippen LogP) is -1.59. The van der Waals surface area contributed by atoms with Gasteiger partial charge in [0.15, 0.2) is 0 Å². The number of likely N-dealkylation sites (N-methyl/N-ethyl adjacent to an activating group) is 1. The number of anilines is 1. The van der Waals surface area contributed by atoms with Gasteiger partial charge in [0.2, 0.25) is 11.9 Å². The first kappa shape index (κ1) is 20.0. The molecule has 0 unspecified atom stereocenters. The number of amides is 3. The molecule has 10 nitrogen and oxygen atoms in total. The summed E-state index contributed by atoms with van der Waals surface area (Å²) in [5.74, 6) is -0.607. The van der Waals surface area contributed by atoms with E-state index >= 15 is 0 Å². The van der Waals surface area contributed by atoms with Gasteiger partial charge in [-0.2, -0.15) is 0 Å². The van der Waals surface area contributed by atoms with Crippen LogP contribution in [-0.4, -0.2) is 108 Å². The molecule has 3 rings (SSSR count). The molecule has 28 heavy (non-hydrogen) atoms. The van der Waals surface area contributed by atoms with E-state index in [1.54, 1.807) is 18.5 Å². The van der Waals surface area contributed by atoms with Gasteiger partial charge < -0.3 is 20.0 Å². The molecule has 0 radical (unpaired) electrons. The molecule has 10 heteroatoms. The maximum Gasteiger partial charge on any atom is 0.312 e. The molecule has 152 valence electrons. The third-order valence-electron chi connectivity index (χ3n) is 5.07. The standard InChI is InChI=1S/C18H27N7O3/c1-2-23-12-13-25(17(28)16(23)27)14-15(26)19-6-7-22-8-10-24(11-9-22)18-20-4-3-5-21-18/h3-5H,2,6-14H2,1H3,(H,19,26). The third kappa shape index (κ3) is 4.94. The minimum atomic E-state index is -0.595. The number of carbonyl (C=O) groups is 3. The topological polar surface area (TPSA) is 102 Å². The van der Waals surface area contributed by atoms with Crippen molar-refractivity contribution >= 4 is 23.7 Å². The van der Waals surface area contributed by atoms with Crippen LogP contribution in [0.2, 0.25) is 0 Å². The van der Waals surface area contributed by atoms with Gasteiger partial charge in [-0.1, -0.05) is 0 Å². The van der Waals surface area contributed by atoms with Crippen molar-refractivity contribution in [3.05, 3.63) is 18.5 Å². The zero-order chi connectivity index (χ0) is 19.9. The number of carbonyl (C=O) groups excluding carboxylic acids is 3. The van der Waals surface area contributed by atoms with Gasteiger partial charge in [-0.25, -0.2) is 9.97 Å². The number of aromatic nitrogens is 2. The van der Waals surface area contributed by atoms with E-state index in [2.05, 4.69) is 25.1 Å². The summed E-state index contributed by atoms with van der Waals surface area (Å²) in [6.45, 7) is 7.84. The van der Waals surface area contributed by atoms with Gasteiger partial charge in [0.1, 0.15) is 6.54 Å². The summed E-state index contributed by atoms with van der Waals surface area (Å²) in [6.07, 6.45) is 3.48. The van der Waals surface area contributed by atoms with Crippen LogP contribution in [0.4, 0.5) is 5.95 Å². The highest BCUT2D eigenvalue weighted by atomic mass is 16.2. The van der Waals surface area contributed by atoms with Crippen LogP contribution < -0.4 is 10.2 Å². The lowest BCUT2D eigenvalue weighted by Crippen LogP contribution is -2.56. The molecular formula is C18H27N7O3. The van der Waals surface area contributed by atoms with E-state index in [-0.39, 0.29) is 12.5 Å². The summed E-state index contributed by atoms with van der Waals surface area (Å²) >= 11 is 0. The highest BCUT2D eigenvalue weighted by Gasteiger charge is 2.32. The first-order valence-corrected chi connectivity index (χ1v) is 9.67. The van der Waals surface area contributed by atoms with Crippen molar-refractivity contribution in [1.82, 2.24) is 30.0 Å². The van der Waals surface area contributed by atoms with E-state index < -0.39 is 11.8 Å². The van der Waals surface area contributed by atoms with Crippen molar-refractivity contribution < 1.29 is 14.4 Å². The van der Waals surface area contributed by atoms with Crippen molar-refractivity contribution in [1.29, 1.82) is 0 Å². The van der Waals surface area contributed by atoms with E-state index in [9.17, 15) is 14.4 Å². The van der Waals surface area contributed by atoms with Crippen molar-refractivity contribution in [2.24, 2.45) is 0 Å². The number of hydrogen-bond donors (Lipinski definition) is 1. The van der Waals surface area contributed by atoms with Gasteiger partial charge in [0.05, 0.1) is 0 Å². The molecule has 0 bridgehead atoms. The summed E-state index contributed by atoms with van der Waals surface area (Å²) in [5.41, 5.74) is 0. The number of nitrogens with one attached hydrogen (secondary N) is 1. The fourth-order valence-corrected chi connectivity index (χ4v) is 3.38. The summed E-state index contributed by atoms with van der Waals surface area (Å²) < 4.78 is 0. The lowest BCUT2D eigenvalue weighted by molar-refractivity contribution is -0.156. The second-order valence-corrected chi connectivity index (χ2v) is 6.84. The molecule has 2 fully saturated rings. The van der Waals surface area contributed by atoms with Crippen molar-refractivity contribution in [2.45, 2.75) is 6.92 Å². The summed E-state index contributed by atoms with van der Waals surface area (Å²) in [4.78, 5) is 51.8. The zero-order valence-corrected chi connectivity index (χ0v) is 16.2. The second-order valence-electron chi connectivity index (χ2n) is 6.84. The molecule has 2 aliphatic rings. The number of nitrogens with zero attached hydrogens (tertiary/aromatic N) is 6. The molecule has 0 saturated carbocycles. The van der Waals surface area contributed by atoms with Crippen molar-refractivity contribution in [2.75, 3.05) is 70.3 Å². The van der Waals surface area contributed by atoms with E-state index in [4.69, 9.17) is 0 Å². The molecule has 1 N–H and O–H groups in total. The Balaban J connectivity index is 1.34. The van der Waals surface area contributed by atoms with Crippen LogP contribution in [0.15, 0.2) is 18.5 Å². The molecule has 0 atom stereocenters. The molecule has 3 heterocycles. The Kier molecular flexibility index (Phi) is 6.75. The Morgan fingerprint density at radius 3 is 2.32 bits per heavy atom. The summed E-state index contributed by atoms with van der Waals surface area (Å²) in [5, 5.41) is 2.84. The minimum absolute atomic E-state index is 0.0682. The van der Waals surface area contributed by atoms with Crippen LogP contribution in [0.3, 0.4) is 0 Å². The third-order valence-corrected chi connectivity index (χ3v) is 5.07. The van der Waals surface area contributed by atoms with E-state index in [1.165, 1.54) is 9.80 Å². The van der Waals surface area contributed by atoms with Gasteiger partial charge in [-0.05, 0) is 13.0 Å². The van der Waals surface area contributed by atoms with Gasteiger partial charge in [0.25, 0.3) is 0 Å². The zero-order valence-electron chi connectivity index (χ0n) is 16.2. The Bertz CT molecular complexity index is 692. The molecule has 2 saturated heterocycles. The first-order chi connectivity index (χ1) is 13.6. The SMILES string of the molecule is CCN1CCN(CC(=O)NCCN2CCN(c3ncccn3)CC2)C(=O)C1=O. The minimum Gasteiger partial charge on any atom is -0.353 e. The molecule has 1 aromatic rings. The summed E-state index contributed by atoms with van der Waals surface area (Å²) in [6, 6.07) is 1.80. The maximum atomic E-state index is 12.1. The Morgan fingerprint density at radius 1 is 1.00 bits per heavy atom.